The second-order valence-corrected chi connectivity index (χ2v) is 7.46. The van der Waals surface area contributed by atoms with Gasteiger partial charge in [0.25, 0.3) is 0 Å². The van der Waals surface area contributed by atoms with Gasteiger partial charge < -0.3 is 9.72 Å². The molecule has 0 aliphatic rings. The predicted molar refractivity (Wildman–Crippen MR) is 97.9 cm³/mol. The van der Waals surface area contributed by atoms with Crippen LogP contribution in [-0.4, -0.2) is 28.7 Å². The number of aromatic nitrogens is 2. The van der Waals surface area contributed by atoms with E-state index in [0.29, 0.717) is 11.2 Å². The molecule has 0 saturated carbocycles. The molecule has 138 valence electrons. The Labute approximate surface area is 153 Å². The van der Waals surface area contributed by atoms with Gasteiger partial charge in [-0.3, -0.25) is 4.90 Å². The van der Waals surface area contributed by atoms with E-state index in [0.717, 1.165) is 11.0 Å². The number of ether oxygens (including phenoxy) is 1. The van der Waals surface area contributed by atoms with Gasteiger partial charge in [0, 0.05) is 24.7 Å². The van der Waals surface area contributed by atoms with Crippen LogP contribution in [0.4, 0.5) is 19.3 Å². The van der Waals surface area contributed by atoms with Crippen molar-refractivity contribution in [1.82, 2.24) is 9.97 Å². The summed E-state index contributed by atoms with van der Waals surface area (Å²) in [5, 5.41) is 0.501. The van der Waals surface area contributed by atoms with Gasteiger partial charge in [-0.2, -0.15) is 0 Å². The van der Waals surface area contributed by atoms with Crippen LogP contribution in [0.3, 0.4) is 0 Å². The first-order valence-electron chi connectivity index (χ1n) is 7.92. The highest BCUT2D eigenvalue weighted by atomic mass is 35.5. The SMILES string of the molecule is Cc1cnc2[nH]c3c(N(C)C(=O)OC(C)(C)C)cc(F)c(F)c3c2c1Cl. The molecule has 5 nitrogen and oxygen atoms in total. The number of carbonyl (C=O) groups is 1. The van der Waals surface area contributed by atoms with Crippen molar-refractivity contribution < 1.29 is 18.3 Å². The van der Waals surface area contributed by atoms with Crippen molar-refractivity contribution in [3.63, 3.8) is 0 Å². The second-order valence-electron chi connectivity index (χ2n) is 7.08. The predicted octanol–water partition coefficient (Wildman–Crippen LogP) is 5.33. The van der Waals surface area contributed by atoms with Crippen molar-refractivity contribution in [3.8, 4) is 0 Å². The molecule has 1 N–H and O–H groups in total. The van der Waals surface area contributed by atoms with Crippen LogP contribution >= 0.6 is 11.6 Å². The van der Waals surface area contributed by atoms with Gasteiger partial charge in [0.1, 0.15) is 11.2 Å². The van der Waals surface area contributed by atoms with E-state index >= 15 is 0 Å². The summed E-state index contributed by atoms with van der Waals surface area (Å²) >= 11 is 6.30. The Bertz CT molecular complexity index is 1040. The number of anilines is 1. The zero-order valence-electron chi connectivity index (χ0n) is 15.0. The minimum atomic E-state index is -1.10. The lowest BCUT2D eigenvalue weighted by Crippen LogP contribution is -2.34. The number of pyridine rings is 1. The Morgan fingerprint density at radius 1 is 1.31 bits per heavy atom. The molecule has 3 rings (SSSR count). The number of hydrogen-bond acceptors (Lipinski definition) is 3. The van der Waals surface area contributed by atoms with Crippen LogP contribution < -0.4 is 4.90 Å². The number of aryl methyl sites for hydroxylation is 1. The minimum absolute atomic E-state index is 0.0494. The molecule has 0 atom stereocenters. The topological polar surface area (TPSA) is 58.2 Å². The maximum absolute atomic E-state index is 14.6. The first-order chi connectivity index (χ1) is 12.0. The van der Waals surface area contributed by atoms with E-state index in [1.807, 2.05) is 0 Å². The fourth-order valence-electron chi connectivity index (χ4n) is 2.69. The van der Waals surface area contributed by atoms with Gasteiger partial charge in [-0.05, 0) is 33.3 Å². The molecule has 26 heavy (non-hydrogen) atoms. The third-order valence-electron chi connectivity index (χ3n) is 3.91. The van der Waals surface area contributed by atoms with Crippen LogP contribution in [0.5, 0.6) is 0 Å². The summed E-state index contributed by atoms with van der Waals surface area (Å²) in [4.78, 5) is 20.6. The molecule has 0 aliphatic heterocycles. The number of halogens is 3. The summed E-state index contributed by atoms with van der Waals surface area (Å²) in [6, 6.07) is 0.942. The van der Waals surface area contributed by atoms with Gasteiger partial charge in [0.15, 0.2) is 11.6 Å². The average molecular weight is 382 g/mol. The van der Waals surface area contributed by atoms with Gasteiger partial charge in [-0.15, -0.1) is 0 Å². The van der Waals surface area contributed by atoms with Crippen molar-refractivity contribution >= 4 is 45.3 Å². The third kappa shape index (κ3) is 2.96. The molecule has 0 radical (unpaired) electrons. The maximum atomic E-state index is 14.6. The Balaban J connectivity index is 2.29. The van der Waals surface area contributed by atoms with Crippen molar-refractivity contribution in [2.24, 2.45) is 0 Å². The molecule has 0 bridgehead atoms. The number of benzene rings is 1. The summed E-state index contributed by atoms with van der Waals surface area (Å²) in [6.45, 7) is 6.87. The van der Waals surface area contributed by atoms with Crippen LogP contribution in [-0.2, 0) is 4.74 Å². The number of amides is 1. The van der Waals surface area contributed by atoms with Gasteiger partial charge in [0.05, 0.1) is 21.6 Å². The van der Waals surface area contributed by atoms with E-state index in [1.165, 1.54) is 13.2 Å². The highest BCUT2D eigenvalue weighted by Crippen LogP contribution is 2.39. The largest absolute Gasteiger partial charge is 0.443 e. The zero-order chi connectivity index (χ0) is 19.4. The van der Waals surface area contributed by atoms with Gasteiger partial charge in [-0.1, -0.05) is 11.6 Å². The first kappa shape index (κ1) is 18.4. The molecule has 2 heterocycles. The summed E-state index contributed by atoms with van der Waals surface area (Å²) in [7, 11) is 1.42. The summed E-state index contributed by atoms with van der Waals surface area (Å²) in [5.74, 6) is -2.15. The monoisotopic (exact) mass is 381 g/mol. The zero-order valence-corrected chi connectivity index (χ0v) is 15.8. The van der Waals surface area contributed by atoms with Crippen LogP contribution in [0.15, 0.2) is 12.3 Å². The number of fused-ring (bicyclic) bond motifs is 3. The lowest BCUT2D eigenvalue weighted by Gasteiger charge is -2.25. The van der Waals surface area contributed by atoms with E-state index in [9.17, 15) is 13.6 Å². The van der Waals surface area contributed by atoms with E-state index in [-0.39, 0.29) is 27.0 Å². The quantitative estimate of drug-likeness (QED) is 0.620. The van der Waals surface area contributed by atoms with E-state index < -0.39 is 23.3 Å². The molecule has 0 aliphatic carbocycles. The lowest BCUT2D eigenvalue weighted by atomic mass is 10.1. The molecule has 2 aromatic heterocycles. The number of hydrogen-bond donors (Lipinski definition) is 1. The Morgan fingerprint density at radius 3 is 2.58 bits per heavy atom. The summed E-state index contributed by atoms with van der Waals surface area (Å²) in [5.41, 5.74) is 0.544. The molecule has 0 fully saturated rings. The molecule has 1 amide bonds. The molecule has 8 heteroatoms. The maximum Gasteiger partial charge on any atom is 0.414 e. The number of nitrogens with one attached hydrogen (secondary N) is 1. The van der Waals surface area contributed by atoms with Gasteiger partial charge in [-0.25, -0.2) is 18.6 Å². The van der Waals surface area contributed by atoms with Crippen LogP contribution in [0.25, 0.3) is 21.9 Å². The molecule has 0 unspecified atom stereocenters. The minimum Gasteiger partial charge on any atom is -0.443 e. The molecular weight excluding hydrogens is 364 g/mol. The highest BCUT2D eigenvalue weighted by molar-refractivity contribution is 6.38. The van der Waals surface area contributed by atoms with Gasteiger partial charge >= 0.3 is 6.09 Å². The van der Waals surface area contributed by atoms with Crippen molar-refractivity contribution in [2.45, 2.75) is 33.3 Å². The number of carbonyl (C=O) groups excluding carboxylic acids is 1. The lowest BCUT2D eigenvalue weighted by molar-refractivity contribution is 0.0589. The number of H-pyrrole nitrogens is 1. The molecule has 0 spiro atoms. The smallest absolute Gasteiger partial charge is 0.414 e. The van der Waals surface area contributed by atoms with Gasteiger partial charge in [0.2, 0.25) is 0 Å². The first-order valence-corrected chi connectivity index (χ1v) is 8.30. The van der Waals surface area contributed by atoms with E-state index in [2.05, 4.69) is 9.97 Å². The Kier molecular flexibility index (Phi) is 4.30. The van der Waals surface area contributed by atoms with E-state index in [4.69, 9.17) is 16.3 Å². The standard InChI is InChI=1S/C18H18ClF2N3O2/c1-8-7-22-16-11(13(8)19)12-14(21)9(20)6-10(15(12)23-16)24(5)17(25)26-18(2,3)4/h6-7H,1-5H3,(H,22,23). The molecule has 1 aromatic carbocycles. The summed E-state index contributed by atoms with van der Waals surface area (Å²) < 4.78 is 34.2. The number of aromatic amines is 1. The third-order valence-corrected chi connectivity index (χ3v) is 4.40. The van der Waals surface area contributed by atoms with Crippen molar-refractivity contribution in [1.29, 1.82) is 0 Å². The Hall–Kier alpha value is -2.41. The normalized spacial score (nSPS) is 12.0. The molecule has 3 aromatic rings. The highest BCUT2D eigenvalue weighted by Gasteiger charge is 2.26. The van der Waals surface area contributed by atoms with Crippen molar-refractivity contribution in [3.05, 3.63) is 34.5 Å². The number of nitrogens with zero attached hydrogens (tertiary/aromatic N) is 2. The van der Waals surface area contributed by atoms with E-state index in [1.54, 1.807) is 27.7 Å². The fraction of sp³-hybridized carbons (Fsp3) is 0.333. The fourth-order valence-corrected chi connectivity index (χ4v) is 2.93. The molecular formula is C18H18ClF2N3O2. The van der Waals surface area contributed by atoms with Crippen LogP contribution in [0.1, 0.15) is 26.3 Å². The molecule has 0 saturated heterocycles. The van der Waals surface area contributed by atoms with Crippen LogP contribution in [0.2, 0.25) is 5.02 Å². The second kappa shape index (κ2) is 6.09. The summed E-state index contributed by atoms with van der Waals surface area (Å²) in [6.07, 6.45) is 0.838. The average Bonchev–Trinajstić information content (AvgIpc) is 2.92. The Morgan fingerprint density at radius 2 is 1.96 bits per heavy atom. The van der Waals surface area contributed by atoms with Crippen molar-refractivity contribution in [2.75, 3.05) is 11.9 Å². The van der Waals surface area contributed by atoms with Crippen LogP contribution in [0, 0.1) is 18.6 Å². The number of rotatable bonds is 1.